The van der Waals surface area contributed by atoms with Gasteiger partial charge in [-0.1, -0.05) is 107 Å². The standard InChI is InChI=1S/C20H41N.C7H7Cl/c1-4-5-6-7-8-9-10-11-12-13-14-15-16-17-18-19-20-21(2)3;8-6-7-4-2-1-3-5-7/h11-12H,4-10,13-20H2,1-3H3;1-5H,6H2/b12-11-;. The number of hydrogen-bond donors (Lipinski definition) is 0. The molecular weight excluding hydrogens is 374 g/mol. The van der Waals surface area contributed by atoms with E-state index in [1.54, 1.807) is 0 Å². The summed E-state index contributed by atoms with van der Waals surface area (Å²) in [5.41, 5.74) is 1.18. The fraction of sp³-hybridized carbons (Fsp3) is 0.704. The molecule has 0 N–H and O–H groups in total. The molecule has 1 aromatic rings. The molecule has 29 heavy (non-hydrogen) atoms. The minimum absolute atomic E-state index is 0.612. The first-order chi connectivity index (χ1) is 14.2. The van der Waals surface area contributed by atoms with Gasteiger partial charge in [0.05, 0.1) is 0 Å². The second-order valence-corrected chi connectivity index (χ2v) is 8.63. The van der Waals surface area contributed by atoms with Crippen molar-refractivity contribution in [3.63, 3.8) is 0 Å². The van der Waals surface area contributed by atoms with Crippen LogP contribution in [0.5, 0.6) is 0 Å². The Labute approximate surface area is 187 Å². The van der Waals surface area contributed by atoms with Crippen LogP contribution in [0.1, 0.15) is 102 Å². The maximum absolute atomic E-state index is 5.53. The van der Waals surface area contributed by atoms with Crippen LogP contribution in [-0.4, -0.2) is 25.5 Å². The number of hydrogen-bond acceptors (Lipinski definition) is 1. The molecule has 0 saturated heterocycles. The first kappa shape index (κ1) is 28.2. The Balaban J connectivity index is 0.000000807. The van der Waals surface area contributed by atoms with Gasteiger partial charge in [-0.15, -0.1) is 11.6 Å². The van der Waals surface area contributed by atoms with Gasteiger partial charge >= 0.3 is 0 Å². The Morgan fingerprint density at radius 2 is 1.17 bits per heavy atom. The fourth-order valence-electron chi connectivity index (χ4n) is 3.24. The molecule has 1 aromatic carbocycles. The minimum Gasteiger partial charge on any atom is -0.309 e. The van der Waals surface area contributed by atoms with Gasteiger partial charge in [0, 0.05) is 5.88 Å². The molecule has 0 spiro atoms. The van der Waals surface area contributed by atoms with Crippen molar-refractivity contribution < 1.29 is 0 Å². The van der Waals surface area contributed by atoms with E-state index in [0.717, 1.165) is 0 Å². The van der Waals surface area contributed by atoms with E-state index in [1.807, 2.05) is 30.3 Å². The van der Waals surface area contributed by atoms with E-state index in [9.17, 15) is 0 Å². The first-order valence-corrected chi connectivity index (χ1v) is 12.6. The monoisotopic (exact) mass is 421 g/mol. The number of alkyl halides is 1. The molecule has 0 heterocycles. The summed E-state index contributed by atoms with van der Waals surface area (Å²) in [6.07, 6.45) is 24.3. The molecule has 0 amide bonds. The van der Waals surface area contributed by atoms with E-state index in [1.165, 1.54) is 102 Å². The average Bonchev–Trinajstić information content (AvgIpc) is 2.74. The lowest BCUT2D eigenvalue weighted by molar-refractivity contribution is 0.389. The summed E-state index contributed by atoms with van der Waals surface area (Å²) < 4.78 is 0. The van der Waals surface area contributed by atoms with E-state index in [4.69, 9.17) is 11.6 Å². The van der Waals surface area contributed by atoms with Crippen LogP contribution in [0, 0.1) is 0 Å². The molecule has 0 atom stereocenters. The van der Waals surface area contributed by atoms with E-state index >= 15 is 0 Å². The third kappa shape index (κ3) is 23.4. The van der Waals surface area contributed by atoms with Crippen molar-refractivity contribution in [2.75, 3.05) is 20.6 Å². The second kappa shape index (κ2) is 23.5. The third-order valence-corrected chi connectivity index (χ3v) is 5.42. The highest BCUT2D eigenvalue weighted by Crippen LogP contribution is 2.10. The van der Waals surface area contributed by atoms with Gasteiger partial charge in [-0.3, -0.25) is 0 Å². The van der Waals surface area contributed by atoms with E-state index < -0.39 is 0 Å². The summed E-state index contributed by atoms with van der Waals surface area (Å²) in [6.45, 7) is 3.54. The smallest absolute Gasteiger partial charge is 0.0474 e. The molecule has 0 fully saturated rings. The number of halogens is 1. The van der Waals surface area contributed by atoms with Gasteiger partial charge in [0.2, 0.25) is 0 Å². The van der Waals surface area contributed by atoms with Crippen LogP contribution in [0.15, 0.2) is 42.5 Å². The molecule has 0 saturated carbocycles. The lowest BCUT2D eigenvalue weighted by atomic mass is 10.1. The molecular formula is C27H48ClN. The van der Waals surface area contributed by atoms with Crippen molar-refractivity contribution in [1.29, 1.82) is 0 Å². The van der Waals surface area contributed by atoms with Crippen molar-refractivity contribution in [1.82, 2.24) is 4.90 Å². The Hall–Kier alpha value is -0.790. The quantitative estimate of drug-likeness (QED) is 0.138. The summed E-state index contributed by atoms with van der Waals surface area (Å²) in [5.74, 6) is 0.612. The zero-order valence-corrected chi connectivity index (χ0v) is 20.4. The number of unbranched alkanes of at least 4 members (excludes halogenated alkanes) is 12. The predicted octanol–water partition coefficient (Wildman–Crippen LogP) is 9.01. The van der Waals surface area contributed by atoms with E-state index in [-0.39, 0.29) is 0 Å². The van der Waals surface area contributed by atoms with Gasteiger partial charge < -0.3 is 4.90 Å². The molecule has 0 radical (unpaired) electrons. The molecule has 0 aromatic heterocycles. The van der Waals surface area contributed by atoms with E-state index in [0.29, 0.717) is 5.88 Å². The highest BCUT2D eigenvalue weighted by Gasteiger charge is 1.92. The maximum atomic E-state index is 5.53. The average molecular weight is 422 g/mol. The van der Waals surface area contributed by atoms with Gasteiger partial charge in [0.1, 0.15) is 0 Å². The van der Waals surface area contributed by atoms with E-state index in [2.05, 4.69) is 38.1 Å². The third-order valence-electron chi connectivity index (χ3n) is 5.11. The van der Waals surface area contributed by atoms with Crippen LogP contribution in [0.3, 0.4) is 0 Å². The fourth-order valence-corrected chi connectivity index (χ4v) is 3.42. The SMILES string of the molecule is CCCCCCCC/C=C\CCCCCCCCN(C)C.ClCc1ccccc1. The van der Waals surface area contributed by atoms with Crippen LogP contribution in [-0.2, 0) is 5.88 Å². The Kier molecular flexibility index (Phi) is 22.8. The zero-order chi connectivity index (χ0) is 21.4. The molecule has 1 nitrogen and oxygen atoms in total. The van der Waals surface area contributed by atoms with Crippen LogP contribution in [0.25, 0.3) is 0 Å². The summed E-state index contributed by atoms with van der Waals surface area (Å²) >= 11 is 5.53. The molecule has 0 aliphatic heterocycles. The Morgan fingerprint density at radius 1 is 0.690 bits per heavy atom. The molecule has 2 heteroatoms. The summed E-state index contributed by atoms with van der Waals surface area (Å²) in [4.78, 5) is 2.29. The predicted molar refractivity (Wildman–Crippen MR) is 134 cm³/mol. The van der Waals surface area contributed by atoms with Crippen LogP contribution < -0.4 is 0 Å². The lowest BCUT2D eigenvalue weighted by Crippen LogP contribution is -2.12. The number of nitrogens with zero attached hydrogens (tertiary/aromatic N) is 1. The van der Waals surface area contributed by atoms with Gasteiger partial charge in [-0.2, -0.15) is 0 Å². The molecule has 168 valence electrons. The Morgan fingerprint density at radius 3 is 1.62 bits per heavy atom. The van der Waals surface area contributed by atoms with Crippen molar-refractivity contribution >= 4 is 11.6 Å². The first-order valence-electron chi connectivity index (χ1n) is 12.1. The summed E-state index contributed by atoms with van der Waals surface area (Å²) in [7, 11) is 4.33. The topological polar surface area (TPSA) is 3.24 Å². The highest BCUT2D eigenvalue weighted by atomic mass is 35.5. The second-order valence-electron chi connectivity index (χ2n) is 8.36. The molecule has 0 aliphatic rings. The van der Waals surface area contributed by atoms with Crippen molar-refractivity contribution in [2.45, 2.75) is 103 Å². The number of allylic oxidation sites excluding steroid dienone is 2. The molecule has 0 bridgehead atoms. The van der Waals surface area contributed by atoms with Gasteiger partial charge in [0.15, 0.2) is 0 Å². The molecule has 0 aliphatic carbocycles. The largest absolute Gasteiger partial charge is 0.309 e. The Bertz CT molecular complexity index is 441. The van der Waals surface area contributed by atoms with Gasteiger partial charge in [-0.25, -0.2) is 0 Å². The van der Waals surface area contributed by atoms with Gasteiger partial charge in [-0.05, 0) is 58.3 Å². The summed E-state index contributed by atoms with van der Waals surface area (Å²) in [5, 5.41) is 0. The normalized spacial score (nSPS) is 11.1. The minimum atomic E-state index is 0.612. The summed E-state index contributed by atoms with van der Waals surface area (Å²) in [6, 6.07) is 9.96. The lowest BCUT2D eigenvalue weighted by Gasteiger charge is -2.08. The maximum Gasteiger partial charge on any atom is 0.0474 e. The molecule has 0 unspecified atom stereocenters. The van der Waals surface area contributed by atoms with Crippen LogP contribution in [0.2, 0.25) is 0 Å². The highest BCUT2D eigenvalue weighted by molar-refractivity contribution is 6.17. The van der Waals surface area contributed by atoms with Gasteiger partial charge in [0.25, 0.3) is 0 Å². The number of rotatable bonds is 17. The zero-order valence-electron chi connectivity index (χ0n) is 19.7. The molecule has 1 rings (SSSR count). The van der Waals surface area contributed by atoms with Crippen LogP contribution >= 0.6 is 11.6 Å². The number of benzene rings is 1. The van der Waals surface area contributed by atoms with Crippen molar-refractivity contribution in [2.24, 2.45) is 0 Å². The van der Waals surface area contributed by atoms with Crippen molar-refractivity contribution in [3.05, 3.63) is 48.0 Å². The van der Waals surface area contributed by atoms with Crippen molar-refractivity contribution in [3.8, 4) is 0 Å². The van der Waals surface area contributed by atoms with Crippen LogP contribution in [0.4, 0.5) is 0 Å².